The number of nitrogens with zero attached hydrogens (tertiary/aromatic N) is 2. The van der Waals surface area contributed by atoms with E-state index in [0.717, 1.165) is 24.6 Å². The van der Waals surface area contributed by atoms with Crippen molar-refractivity contribution in [1.29, 1.82) is 0 Å². The van der Waals surface area contributed by atoms with Crippen LogP contribution in [0.2, 0.25) is 0 Å². The molecule has 1 N–H and O–H groups in total. The first-order valence-corrected chi connectivity index (χ1v) is 6.86. The smallest absolute Gasteiger partial charge is 0.120 e. The Morgan fingerprint density at radius 2 is 2.00 bits per heavy atom. The summed E-state index contributed by atoms with van der Waals surface area (Å²) >= 11 is 0. The van der Waals surface area contributed by atoms with Crippen molar-refractivity contribution in [3.63, 3.8) is 0 Å². The summed E-state index contributed by atoms with van der Waals surface area (Å²) < 4.78 is 5.62. The third-order valence-electron chi connectivity index (χ3n) is 3.66. The van der Waals surface area contributed by atoms with Gasteiger partial charge >= 0.3 is 0 Å². The Morgan fingerprint density at radius 3 is 2.61 bits per heavy atom. The molecule has 0 spiro atoms. The highest BCUT2D eigenvalue weighted by molar-refractivity contribution is 5.08. The van der Waals surface area contributed by atoms with E-state index >= 15 is 0 Å². The summed E-state index contributed by atoms with van der Waals surface area (Å²) in [4.78, 5) is 4.91. The van der Waals surface area contributed by atoms with Gasteiger partial charge in [0.15, 0.2) is 0 Å². The Bertz CT molecular complexity index is 356. The maximum absolute atomic E-state index is 5.62. The van der Waals surface area contributed by atoms with Crippen LogP contribution in [0.5, 0.6) is 0 Å². The summed E-state index contributed by atoms with van der Waals surface area (Å²) in [6, 6.07) is 4.38. The molecule has 1 saturated heterocycles. The number of furan rings is 1. The van der Waals surface area contributed by atoms with Gasteiger partial charge in [0.25, 0.3) is 0 Å². The van der Waals surface area contributed by atoms with Crippen LogP contribution >= 0.6 is 0 Å². The van der Waals surface area contributed by atoms with Gasteiger partial charge in [0, 0.05) is 39.3 Å². The van der Waals surface area contributed by atoms with Gasteiger partial charge in [-0.15, -0.1) is 0 Å². The highest BCUT2D eigenvalue weighted by atomic mass is 16.3. The Morgan fingerprint density at radius 1 is 1.28 bits per heavy atom. The van der Waals surface area contributed by atoms with E-state index in [-0.39, 0.29) is 0 Å². The standard InChI is InChI=1S/C14H25N3O/c1-12-4-5-14(18-12)13(2)15-6-7-17-10-8-16(3)9-11-17/h4-5,13,15H,6-11H2,1-3H3. The van der Waals surface area contributed by atoms with Crippen LogP contribution in [-0.4, -0.2) is 56.1 Å². The summed E-state index contributed by atoms with van der Waals surface area (Å²) in [7, 11) is 2.19. The fraction of sp³-hybridized carbons (Fsp3) is 0.714. The van der Waals surface area contributed by atoms with E-state index < -0.39 is 0 Å². The van der Waals surface area contributed by atoms with Crippen LogP contribution in [0.4, 0.5) is 0 Å². The van der Waals surface area contributed by atoms with Gasteiger partial charge in [-0.05, 0) is 33.0 Å². The van der Waals surface area contributed by atoms with Gasteiger partial charge in [-0.2, -0.15) is 0 Å². The first-order valence-electron chi connectivity index (χ1n) is 6.86. The van der Waals surface area contributed by atoms with Crippen LogP contribution in [0, 0.1) is 6.92 Å². The van der Waals surface area contributed by atoms with Gasteiger partial charge in [0.1, 0.15) is 11.5 Å². The molecule has 1 fully saturated rings. The lowest BCUT2D eigenvalue weighted by Crippen LogP contribution is -2.46. The second kappa shape index (κ2) is 6.36. The lowest BCUT2D eigenvalue weighted by Gasteiger charge is -2.32. The molecule has 0 radical (unpaired) electrons. The largest absolute Gasteiger partial charge is 0.465 e. The van der Waals surface area contributed by atoms with Gasteiger partial charge in [-0.1, -0.05) is 0 Å². The van der Waals surface area contributed by atoms with Crippen molar-refractivity contribution in [2.45, 2.75) is 19.9 Å². The zero-order valence-electron chi connectivity index (χ0n) is 11.8. The second-order valence-corrected chi connectivity index (χ2v) is 5.27. The molecule has 2 rings (SSSR count). The Hall–Kier alpha value is -0.840. The average molecular weight is 251 g/mol. The van der Waals surface area contributed by atoms with Gasteiger partial charge in [-0.25, -0.2) is 0 Å². The summed E-state index contributed by atoms with van der Waals surface area (Å²) in [5, 5.41) is 3.52. The molecule has 1 unspecified atom stereocenters. The van der Waals surface area contributed by atoms with Crippen molar-refractivity contribution >= 4 is 0 Å². The minimum Gasteiger partial charge on any atom is -0.465 e. The molecule has 1 aliphatic rings. The SMILES string of the molecule is Cc1ccc(C(C)NCCN2CCN(C)CC2)o1. The summed E-state index contributed by atoms with van der Waals surface area (Å²) in [5.41, 5.74) is 0. The number of hydrogen-bond acceptors (Lipinski definition) is 4. The zero-order chi connectivity index (χ0) is 13.0. The molecule has 0 amide bonds. The quantitative estimate of drug-likeness (QED) is 0.859. The Labute approximate surface area is 110 Å². The van der Waals surface area contributed by atoms with E-state index in [2.05, 4.69) is 35.2 Å². The van der Waals surface area contributed by atoms with Gasteiger partial charge in [0.2, 0.25) is 0 Å². The third-order valence-corrected chi connectivity index (χ3v) is 3.66. The fourth-order valence-corrected chi connectivity index (χ4v) is 2.30. The van der Waals surface area contributed by atoms with Crippen LogP contribution in [0.3, 0.4) is 0 Å². The van der Waals surface area contributed by atoms with Gasteiger partial charge in [-0.3, -0.25) is 4.90 Å². The lowest BCUT2D eigenvalue weighted by molar-refractivity contribution is 0.153. The van der Waals surface area contributed by atoms with Gasteiger partial charge < -0.3 is 14.6 Å². The molecular formula is C14H25N3O. The van der Waals surface area contributed by atoms with Crippen LogP contribution in [-0.2, 0) is 0 Å². The van der Waals surface area contributed by atoms with Crippen LogP contribution < -0.4 is 5.32 Å². The maximum atomic E-state index is 5.62. The summed E-state index contributed by atoms with van der Waals surface area (Å²) in [6.45, 7) is 11.0. The van der Waals surface area contributed by atoms with Crippen LogP contribution in [0.15, 0.2) is 16.5 Å². The molecule has 0 saturated carbocycles. The molecule has 18 heavy (non-hydrogen) atoms. The molecule has 1 aromatic heterocycles. The van der Waals surface area contributed by atoms with Crippen molar-refractivity contribution in [2.75, 3.05) is 46.3 Å². The monoisotopic (exact) mass is 251 g/mol. The topological polar surface area (TPSA) is 31.6 Å². The van der Waals surface area contributed by atoms with Crippen molar-refractivity contribution < 1.29 is 4.42 Å². The average Bonchev–Trinajstić information content (AvgIpc) is 2.78. The maximum Gasteiger partial charge on any atom is 0.120 e. The van der Waals surface area contributed by atoms with E-state index in [1.165, 1.54) is 26.2 Å². The molecular weight excluding hydrogens is 226 g/mol. The Kier molecular flexibility index (Phi) is 4.80. The molecule has 1 aromatic rings. The summed E-state index contributed by atoms with van der Waals surface area (Å²) in [6.07, 6.45) is 0. The predicted molar refractivity (Wildman–Crippen MR) is 73.8 cm³/mol. The summed E-state index contributed by atoms with van der Waals surface area (Å²) in [5.74, 6) is 2.02. The zero-order valence-corrected chi connectivity index (χ0v) is 11.8. The number of hydrogen-bond donors (Lipinski definition) is 1. The van der Waals surface area contributed by atoms with Crippen molar-refractivity contribution in [3.05, 3.63) is 23.7 Å². The van der Waals surface area contributed by atoms with Crippen molar-refractivity contribution in [2.24, 2.45) is 0 Å². The highest BCUT2D eigenvalue weighted by Gasteiger charge is 2.14. The molecule has 4 heteroatoms. The number of likely N-dealkylation sites (N-methyl/N-ethyl adjacent to an activating group) is 1. The van der Waals surface area contributed by atoms with Crippen LogP contribution in [0.1, 0.15) is 24.5 Å². The van der Waals surface area contributed by atoms with Gasteiger partial charge in [0.05, 0.1) is 6.04 Å². The minimum absolute atomic E-state index is 0.297. The number of nitrogens with one attached hydrogen (secondary N) is 1. The first-order chi connectivity index (χ1) is 8.65. The van der Waals surface area contributed by atoms with E-state index in [4.69, 9.17) is 4.42 Å². The molecule has 2 heterocycles. The van der Waals surface area contributed by atoms with E-state index in [1.54, 1.807) is 0 Å². The number of piperazine rings is 1. The third kappa shape index (κ3) is 3.83. The number of aryl methyl sites for hydroxylation is 1. The fourth-order valence-electron chi connectivity index (χ4n) is 2.30. The molecule has 0 bridgehead atoms. The van der Waals surface area contributed by atoms with Crippen LogP contribution in [0.25, 0.3) is 0 Å². The highest BCUT2D eigenvalue weighted by Crippen LogP contribution is 2.15. The Balaban J connectivity index is 1.66. The first kappa shape index (κ1) is 13.6. The molecule has 1 aliphatic heterocycles. The van der Waals surface area contributed by atoms with Crippen molar-refractivity contribution in [3.8, 4) is 0 Å². The normalized spacial score (nSPS) is 20.2. The van der Waals surface area contributed by atoms with E-state index in [1.807, 2.05) is 13.0 Å². The minimum atomic E-state index is 0.297. The second-order valence-electron chi connectivity index (χ2n) is 5.27. The molecule has 1 atom stereocenters. The molecule has 0 aliphatic carbocycles. The van der Waals surface area contributed by atoms with Crippen molar-refractivity contribution in [1.82, 2.24) is 15.1 Å². The lowest BCUT2D eigenvalue weighted by atomic mass is 10.2. The van der Waals surface area contributed by atoms with E-state index in [9.17, 15) is 0 Å². The molecule has 0 aromatic carbocycles. The molecule has 4 nitrogen and oxygen atoms in total. The molecule has 102 valence electrons. The number of rotatable bonds is 5. The van der Waals surface area contributed by atoms with E-state index in [0.29, 0.717) is 6.04 Å². The predicted octanol–water partition coefficient (Wildman–Crippen LogP) is 1.49.